The van der Waals surface area contributed by atoms with Crippen LogP contribution >= 0.6 is 0 Å². The van der Waals surface area contributed by atoms with Crippen LogP contribution in [-0.2, 0) is 0 Å². The number of ether oxygens (including phenoxy) is 1. The number of carbonyl (C=O) groups is 1. The molecule has 2 aliphatic carbocycles. The Balaban J connectivity index is 0.000000154. The quantitative estimate of drug-likeness (QED) is 0.873. The first-order valence-electron chi connectivity index (χ1n) is 8.08. The van der Waals surface area contributed by atoms with Gasteiger partial charge in [-0.3, -0.25) is 0 Å². The molecular weight excluding hydrogens is 264 g/mol. The van der Waals surface area contributed by atoms with Gasteiger partial charge in [-0.1, -0.05) is 51.4 Å². The summed E-state index contributed by atoms with van der Waals surface area (Å²) < 4.78 is 4.86. The number of benzene rings is 1. The maximum Gasteiger partial charge on any atom is 0.335 e. The molecule has 0 saturated heterocycles. The average Bonchev–Trinajstić information content (AvgIpc) is 3.20. The average molecular weight is 290 g/mol. The van der Waals surface area contributed by atoms with Gasteiger partial charge in [0.2, 0.25) is 0 Å². The lowest BCUT2D eigenvalue weighted by Crippen LogP contribution is -2.06. The van der Waals surface area contributed by atoms with E-state index in [0.29, 0.717) is 5.75 Å². The van der Waals surface area contributed by atoms with E-state index >= 15 is 0 Å². The maximum atomic E-state index is 10.4. The summed E-state index contributed by atoms with van der Waals surface area (Å²) in [5.74, 6) is 2.05. The van der Waals surface area contributed by atoms with E-state index in [4.69, 9.17) is 9.84 Å². The van der Waals surface area contributed by atoms with E-state index < -0.39 is 5.97 Å². The van der Waals surface area contributed by atoms with E-state index in [0.717, 1.165) is 11.8 Å². The molecule has 0 amide bonds. The van der Waals surface area contributed by atoms with Crippen LogP contribution in [0.3, 0.4) is 0 Å². The summed E-state index contributed by atoms with van der Waals surface area (Å²) in [4.78, 5) is 10.4. The first-order valence-corrected chi connectivity index (χ1v) is 8.08. The first-order chi connectivity index (χ1) is 10.2. The number of hydrogen-bond acceptors (Lipinski definition) is 2. The van der Waals surface area contributed by atoms with Gasteiger partial charge in [0.05, 0.1) is 12.7 Å². The van der Waals surface area contributed by atoms with Crippen molar-refractivity contribution in [2.75, 3.05) is 7.11 Å². The van der Waals surface area contributed by atoms with E-state index in [-0.39, 0.29) is 5.56 Å². The molecule has 0 unspecified atom stereocenters. The summed E-state index contributed by atoms with van der Waals surface area (Å²) in [6.07, 6.45) is 12.4. The number of carboxylic acid groups (broad SMARTS) is 1. The number of aromatic carboxylic acids is 1. The Bertz CT molecular complexity index is 412. The first kappa shape index (κ1) is 15.9. The summed E-state index contributed by atoms with van der Waals surface area (Å²) in [6, 6.07) is 6.23. The Morgan fingerprint density at radius 3 is 1.71 bits per heavy atom. The molecule has 0 bridgehead atoms. The fourth-order valence-electron chi connectivity index (χ4n) is 3.59. The van der Waals surface area contributed by atoms with Gasteiger partial charge >= 0.3 is 5.97 Å². The third-order valence-electron chi connectivity index (χ3n) is 4.80. The Kier molecular flexibility index (Phi) is 6.09. The van der Waals surface area contributed by atoms with Crippen LogP contribution in [0.4, 0.5) is 0 Å². The third kappa shape index (κ3) is 4.76. The molecule has 3 heteroatoms. The second-order valence-corrected chi connectivity index (χ2v) is 6.12. The van der Waals surface area contributed by atoms with E-state index in [2.05, 4.69) is 0 Å². The lowest BCUT2D eigenvalue weighted by atomic mass is 9.90. The molecule has 3 rings (SSSR count). The van der Waals surface area contributed by atoms with Gasteiger partial charge in [-0.15, -0.1) is 0 Å². The molecule has 1 N–H and O–H groups in total. The molecule has 2 aliphatic rings. The minimum Gasteiger partial charge on any atom is -0.497 e. The van der Waals surface area contributed by atoms with Crippen molar-refractivity contribution in [2.24, 2.45) is 11.8 Å². The van der Waals surface area contributed by atoms with Crippen molar-refractivity contribution >= 4 is 5.97 Å². The zero-order valence-electron chi connectivity index (χ0n) is 12.9. The van der Waals surface area contributed by atoms with Crippen LogP contribution in [-0.4, -0.2) is 18.2 Å². The Labute approximate surface area is 127 Å². The highest BCUT2D eigenvalue weighted by Crippen LogP contribution is 2.39. The van der Waals surface area contributed by atoms with Crippen LogP contribution in [0.25, 0.3) is 0 Å². The number of rotatable bonds is 3. The summed E-state index contributed by atoms with van der Waals surface area (Å²) in [6.45, 7) is 0. The maximum absolute atomic E-state index is 10.4. The van der Waals surface area contributed by atoms with Gasteiger partial charge in [0.25, 0.3) is 0 Å². The zero-order valence-corrected chi connectivity index (χ0v) is 12.9. The standard InChI is InChI=1S/C10H18.C8H8O3/c1-2-6-9(5-1)10-7-3-4-8-10;1-11-7-4-2-6(3-5-7)8(9)10/h9-10H,1-8H2;2-5H,1H3,(H,9,10). The second-order valence-electron chi connectivity index (χ2n) is 6.12. The largest absolute Gasteiger partial charge is 0.497 e. The van der Waals surface area contributed by atoms with Crippen LogP contribution in [0, 0.1) is 11.8 Å². The molecule has 1 aromatic carbocycles. The van der Waals surface area contributed by atoms with Crippen molar-refractivity contribution < 1.29 is 14.6 Å². The smallest absolute Gasteiger partial charge is 0.335 e. The van der Waals surface area contributed by atoms with E-state index in [1.165, 1.54) is 44.9 Å². The summed E-state index contributed by atoms with van der Waals surface area (Å²) >= 11 is 0. The lowest BCUT2D eigenvalue weighted by Gasteiger charge is -2.16. The third-order valence-corrected chi connectivity index (χ3v) is 4.80. The van der Waals surface area contributed by atoms with E-state index in [9.17, 15) is 4.79 Å². The van der Waals surface area contributed by atoms with E-state index in [1.54, 1.807) is 37.8 Å². The molecule has 2 saturated carbocycles. The molecule has 0 atom stereocenters. The topological polar surface area (TPSA) is 46.5 Å². The fraction of sp³-hybridized carbons (Fsp3) is 0.611. The van der Waals surface area contributed by atoms with Crippen molar-refractivity contribution in [1.29, 1.82) is 0 Å². The number of carboxylic acids is 1. The zero-order chi connectivity index (χ0) is 15.1. The van der Waals surface area contributed by atoms with Gasteiger partial charge in [0.15, 0.2) is 0 Å². The van der Waals surface area contributed by atoms with Crippen LogP contribution in [0.2, 0.25) is 0 Å². The highest BCUT2D eigenvalue weighted by atomic mass is 16.5. The number of methoxy groups -OCH3 is 1. The van der Waals surface area contributed by atoms with Gasteiger partial charge in [0, 0.05) is 0 Å². The molecule has 3 nitrogen and oxygen atoms in total. The predicted octanol–water partition coefficient (Wildman–Crippen LogP) is 4.76. The highest BCUT2D eigenvalue weighted by Gasteiger charge is 2.26. The molecule has 2 fully saturated rings. The summed E-state index contributed by atoms with van der Waals surface area (Å²) in [5, 5.41) is 8.51. The lowest BCUT2D eigenvalue weighted by molar-refractivity contribution is 0.0697. The Morgan fingerprint density at radius 1 is 0.952 bits per heavy atom. The normalized spacial score (nSPS) is 19.1. The molecule has 0 aromatic heterocycles. The minimum atomic E-state index is -0.923. The SMILES string of the molecule is C1CCC(C2CCCC2)C1.COc1ccc(C(=O)O)cc1. The van der Waals surface area contributed by atoms with Crippen molar-refractivity contribution in [1.82, 2.24) is 0 Å². The van der Waals surface area contributed by atoms with E-state index in [1.807, 2.05) is 0 Å². The van der Waals surface area contributed by atoms with Crippen LogP contribution < -0.4 is 4.74 Å². The fourth-order valence-corrected chi connectivity index (χ4v) is 3.59. The monoisotopic (exact) mass is 290 g/mol. The predicted molar refractivity (Wildman–Crippen MR) is 83.9 cm³/mol. The Hall–Kier alpha value is -1.51. The van der Waals surface area contributed by atoms with Crippen LogP contribution in [0.15, 0.2) is 24.3 Å². The van der Waals surface area contributed by atoms with Crippen molar-refractivity contribution in [3.05, 3.63) is 29.8 Å². The van der Waals surface area contributed by atoms with Gasteiger partial charge in [-0.2, -0.15) is 0 Å². The van der Waals surface area contributed by atoms with Crippen molar-refractivity contribution in [2.45, 2.75) is 51.4 Å². The number of hydrogen-bond donors (Lipinski definition) is 1. The molecular formula is C18H26O3. The van der Waals surface area contributed by atoms with Crippen molar-refractivity contribution in [3.8, 4) is 5.75 Å². The molecule has 21 heavy (non-hydrogen) atoms. The van der Waals surface area contributed by atoms with Gasteiger partial charge in [-0.05, 0) is 36.1 Å². The van der Waals surface area contributed by atoms with Crippen molar-refractivity contribution in [3.63, 3.8) is 0 Å². The Morgan fingerprint density at radius 2 is 1.38 bits per heavy atom. The van der Waals surface area contributed by atoms with Gasteiger partial charge in [0.1, 0.15) is 5.75 Å². The molecule has 116 valence electrons. The van der Waals surface area contributed by atoms with Gasteiger partial charge < -0.3 is 9.84 Å². The summed E-state index contributed by atoms with van der Waals surface area (Å²) in [5.41, 5.74) is 0.269. The molecule has 0 aliphatic heterocycles. The van der Waals surface area contributed by atoms with Gasteiger partial charge in [-0.25, -0.2) is 4.79 Å². The highest BCUT2D eigenvalue weighted by molar-refractivity contribution is 5.87. The molecule has 0 radical (unpaired) electrons. The minimum absolute atomic E-state index is 0.269. The van der Waals surface area contributed by atoms with Crippen LogP contribution in [0.1, 0.15) is 61.7 Å². The molecule has 0 spiro atoms. The molecule has 1 aromatic rings. The summed E-state index contributed by atoms with van der Waals surface area (Å²) in [7, 11) is 1.54. The van der Waals surface area contributed by atoms with Crippen LogP contribution in [0.5, 0.6) is 5.75 Å². The second kappa shape index (κ2) is 8.06. The molecule has 0 heterocycles.